The van der Waals surface area contributed by atoms with E-state index in [2.05, 4.69) is 10.2 Å². The van der Waals surface area contributed by atoms with Crippen molar-refractivity contribution in [3.8, 4) is 11.5 Å². The molecule has 106 valence electrons. The van der Waals surface area contributed by atoms with Crippen molar-refractivity contribution in [2.45, 2.75) is 12.3 Å². The molecule has 1 atom stereocenters. The van der Waals surface area contributed by atoms with Crippen LogP contribution in [0.25, 0.3) is 0 Å². The Labute approximate surface area is 122 Å². The molecule has 0 aliphatic rings. The van der Waals surface area contributed by atoms with Gasteiger partial charge in [0.1, 0.15) is 11.5 Å². The summed E-state index contributed by atoms with van der Waals surface area (Å²) in [5.74, 6) is 0.644. The van der Waals surface area contributed by atoms with Crippen molar-refractivity contribution in [2.75, 3.05) is 0 Å². The Hall–Kier alpha value is -2.75. The number of hydrogen-bond acceptors (Lipinski definition) is 3. The van der Waals surface area contributed by atoms with E-state index in [0.717, 1.165) is 23.2 Å². The van der Waals surface area contributed by atoms with Crippen LogP contribution in [-0.2, 0) is 6.42 Å². The molecule has 4 heteroatoms. The molecule has 0 fully saturated rings. The summed E-state index contributed by atoms with van der Waals surface area (Å²) >= 11 is 0. The molecule has 4 nitrogen and oxygen atoms in total. The third kappa shape index (κ3) is 3.05. The quantitative estimate of drug-likeness (QED) is 0.687. The lowest BCUT2D eigenvalue weighted by Crippen LogP contribution is -2.05. The molecule has 0 aliphatic carbocycles. The predicted molar refractivity (Wildman–Crippen MR) is 80.3 cm³/mol. The van der Waals surface area contributed by atoms with Crippen molar-refractivity contribution in [3.63, 3.8) is 0 Å². The molecule has 0 saturated heterocycles. The summed E-state index contributed by atoms with van der Waals surface area (Å²) in [6.07, 6.45) is 2.52. The molecule has 3 rings (SSSR count). The lowest BCUT2D eigenvalue weighted by Gasteiger charge is -2.16. The van der Waals surface area contributed by atoms with E-state index >= 15 is 0 Å². The fourth-order valence-electron chi connectivity index (χ4n) is 2.44. The number of rotatable bonds is 4. The zero-order chi connectivity index (χ0) is 14.7. The third-order valence-electron chi connectivity index (χ3n) is 3.57. The smallest absolute Gasteiger partial charge is 0.115 e. The summed E-state index contributed by atoms with van der Waals surface area (Å²) in [4.78, 5) is 0. The van der Waals surface area contributed by atoms with Gasteiger partial charge in [0, 0.05) is 17.8 Å². The Morgan fingerprint density at radius 2 is 1.48 bits per heavy atom. The number of nitrogens with zero attached hydrogens (tertiary/aromatic N) is 1. The first-order chi connectivity index (χ1) is 10.2. The van der Waals surface area contributed by atoms with E-state index in [1.807, 2.05) is 30.3 Å². The van der Waals surface area contributed by atoms with E-state index in [9.17, 15) is 10.2 Å². The van der Waals surface area contributed by atoms with Gasteiger partial charge in [0.05, 0.1) is 0 Å². The summed E-state index contributed by atoms with van der Waals surface area (Å²) in [5.41, 5.74) is 3.25. The maximum absolute atomic E-state index is 9.44. The molecule has 3 N–H and O–H groups in total. The van der Waals surface area contributed by atoms with Crippen LogP contribution in [-0.4, -0.2) is 20.4 Å². The molecular weight excluding hydrogens is 264 g/mol. The zero-order valence-corrected chi connectivity index (χ0v) is 11.4. The number of nitrogens with one attached hydrogen (secondary N) is 1. The Morgan fingerprint density at radius 3 is 2.05 bits per heavy atom. The number of phenolic OH excluding ortho intramolecular Hbond substituents is 2. The van der Waals surface area contributed by atoms with Crippen LogP contribution < -0.4 is 0 Å². The minimum atomic E-state index is 0.123. The normalized spacial score (nSPS) is 12.2. The highest BCUT2D eigenvalue weighted by Gasteiger charge is 2.16. The highest BCUT2D eigenvalue weighted by atomic mass is 16.3. The van der Waals surface area contributed by atoms with Crippen molar-refractivity contribution in [3.05, 3.63) is 77.6 Å². The molecule has 21 heavy (non-hydrogen) atoms. The predicted octanol–water partition coefficient (Wildman–Crippen LogP) is 3.20. The molecule has 1 aromatic heterocycles. The van der Waals surface area contributed by atoms with Gasteiger partial charge in [-0.1, -0.05) is 24.3 Å². The third-order valence-corrected chi connectivity index (χ3v) is 3.57. The molecule has 0 spiro atoms. The van der Waals surface area contributed by atoms with Crippen molar-refractivity contribution in [1.29, 1.82) is 0 Å². The van der Waals surface area contributed by atoms with Crippen molar-refractivity contribution in [2.24, 2.45) is 0 Å². The van der Waals surface area contributed by atoms with Crippen LogP contribution in [0.4, 0.5) is 0 Å². The fourth-order valence-corrected chi connectivity index (χ4v) is 2.44. The Morgan fingerprint density at radius 1 is 0.857 bits per heavy atom. The van der Waals surface area contributed by atoms with Crippen molar-refractivity contribution in [1.82, 2.24) is 10.2 Å². The highest BCUT2D eigenvalue weighted by molar-refractivity contribution is 5.35. The molecule has 0 aliphatic heterocycles. The molecule has 0 amide bonds. The second-order valence-corrected chi connectivity index (χ2v) is 5.03. The second-order valence-electron chi connectivity index (χ2n) is 5.03. The second kappa shape index (κ2) is 5.71. The van der Waals surface area contributed by atoms with Gasteiger partial charge in [-0.05, 0) is 47.9 Å². The average molecular weight is 280 g/mol. The molecule has 0 saturated carbocycles. The zero-order valence-electron chi connectivity index (χ0n) is 11.4. The van der Waals surface area contributed by atoms with Crippen LogP contribution in [0.1, 0.15) is 22.7 Å². The van der Waals surface area contributed by atoms with Crippen LogP contribution in [0, 0.1) is 0 Å². The van der Waals surface area contributed by atoms with Gasteiger partial charge in [-0.2, -0.15) is 5.10 Å². The fraction of sp³-hybridized carbons (Fsp3) is 0.118. The number of hydrogen-bond donors (Lipinski definition) is 3. The van der Waals surface area contributed by atoms with Crippen LogP contribution in [0.2, 0.25) is 0 Å². The summed E-state index contributed by atoms with van der Waals surface area (Å²) in [6.45, 7) is 0. The van der Waals surface area contributed by atoms with Crippen LogP contribution in [0.15, 0.2) is 60.8 Å². The first-order valence-corrected chi connectivity index (χ1v) is 6.78. The molecular formula is C17H16N2O2. The lowest BCUT2D eigenvalue weighted by atomic mass is 9.89. The number of aromatic amines is 1. The van der Waals surface area contributed by atoms with Crippen LogP contribution >= 0.6 is 0 Å². The van der Waals surface area contributed by atoms with Crippen molar-refractivity contribution < 1.29 is 10.2 Å². The minimum Gasteiger partial charge on any atom is -0.508 e. The standard InChI is InChI=1S/C17H16N2O2/c20-14-5-1-12(2-6-14)11-16(17-9-10-18-19-17)13-3-7-15(21)8-4-13/h1-10,16,20-21H,11H2,(H,18,19). The first kappa shape index (κ1) is 13.2. The van der Waals surface area contributed by atoms with Gasteiger partial charge in [0.15, 0.2) is 0 Å². The topological polar surface area (TPSA) is 69.1 Å². The maximum atomic E-state index is 9.44. The van der Waals surface area contributed by atoms with E-state index in [1.54, 1.807) is 30.5 Å². The SMILES string of the molecule is Oc1ccc(CC(c2ccc(O)cc2)c2ccn[nH]2)cc1. The summed E-state index contributed by atoms with van der Waals surface area (Å²) in [5, 5.41) is 25.9. The van der Waals surface area contributed by atoms with Gasteiger partial charge in [0.25, 0.3) is 0 Å². The van der Waals surface area contributed by atoms with Gasteiger partial charge in [-0.15, -0.1) is 0 Å². The van der Waals surface area contributed by atoms with Crippen LogP contribution in [0.3, 0.4) is 0 Å². The van der Waals surface area contributed by atoms with E-state index < -0.39 is 0 Å². The molecule has 0 radical (unpaired) electrons. The van der Waals surface area contributed by atoms with E-state index in [0.29, 0.717) is 0 Å². The Balaban J connectivity index is 1.93. The minimum absolute atomic E-state index is 0.123. The molecule has 3 aromatic rings. The molecule has 0 bridgehead atoms. The highest BCUT2D eigenvalue weighted by Crippen LogP contribution is 2.28. The number of H-pyrrole nitrogens is 1. The number of aromatic nitrogens is 2. The summed E-state index contributed by atoms with van der Waals surface area (Å²) in [7, 11) is 0. The lowest BCUT2D eigenvalue weighted by molar-refractivity contribution is 0.474. The van der Waals surface area contributed by atoms with E-state index in [-0.39, 0.29) is 17.4 Å². The molecule has 1 unspecified atom stereocenters. The largest absolute Gasteiger partial charge is 0.508 e. The molecule has 1 heterocycles. The van der Waals surface area contributed by atoms with Gasteiger partial charge in [-0.3, -0.25) is 5.10 Å². The van der Waals surface area contributed by atoms with Gasteiger partial charge < -0.3 is 10.2 Å². The monoisotopic (exact) mass is 280 g/mol. The Kier molecular flexibility index (Phi) is 3.60. The van der Waals surface area contributed by atoms with E-state index in [4.69, 9.17) is 0 Å². The number of aromatic hydroxyl groups is 2. The summed E-state index contributed by atoms with van der Waals surface area (Å²) < 4.78 is 0. The number of benzene rings is 2. The van der Waals surface area contributed by atoms with Gasteiger partial charge >= 0.3 is 0 Å². The van der Waals surface area contributed by atoms with Crippen LogP contribution in [0.5, 0.6) is 11.5 Å². The maximum Gasteiger partial charge on any atom is 0.115 e. The molecule has 2 aromatic carbocycles. The number of phenols is 2. The van der Waals surface area contributed by atoms with E-state index in [1.165, 1.54) is 0 Å². The first-order valence-electron chi connectivity index (χ1n) is 6.78. The van der Waals surface area contributed by atoms with Gasteiger partial charge in [0.2, 0.25) is 0 Å². The van der Waals surface area contributed by atoms with Crippen molar-refractivity contribution >= 4 is 0 Å². The Bertz CT molecular complexity index is 689. The summed E-state index contributed by atoms with van der Waals surface area (Å²) in [6, 6.07) is 16.4. The average Bonchev–Trinajstić information content (AvgIpc) is 3.02. The van der Waals surface area contributed by atoms with Gasteiger partial charge in [-0.25, -0.2) is 0 Å².